The maximum Gasteiger partial charge on any atom is 0.228 e. The van der Waals surface area contributed by atoms with E-state index in [1.54, 1.807) is 11.8 Å². The molecule has 0 aliphatic carbocycles. The molecule has 2 rings (SSSR count). The largest absolute Gasteiger partial charge is 0.354 e. The van der Waals surface area contributed by atoms with Gasteiger partial charge in [0.25, 0.3) is 0 Å². The molecule has 1 aromatic rings. The number of aromatic nitrogens is 3. The summed E-state index contributed by atoms with van der Waals surface area (Å²) in [6.07, 6.45) is 12.3. The van der Waals surface area contributed by atoms with Crippen LogP contribution in [0.3, 0.4) is 0 Å². The maximum atomic E-state index is 4.56. The van der Waals surface area contributed by atoms with Gasteiger partial charge in [0.2, 0.25) is 11.9 Å². The number of thioether (sulfide) groups is 1. The summed E-state index contributed by atoms with van der Waals surface area (Å²) in [6.45, 7) is 6.50. The molecule has 0 amide bonds. The molecule has 1 aliphatic rings. The minimum absolute atomic E-state index is 0.698. The lowest BCUT2D eigenvalue weighted by Crippen LogP contribution is -2.33. The van der Waals surface area contributed by atoms with Gasteiger partial charge in [-0.2, -0.15) is 15.0 Å². The zero-order chi connectivity index (χ0) is 18.6. The Balaban J connectivity index is 1.75. The molecule has 0 radical (unpaired) electrons. The van der Waals surface area contributed by atoms with Crippen molar-refractivity contribution in [2.75, 3.05) is 50.1 Å². The van der Waals surface area contributed by atoms with Crippen molar-refractivity contribution in [3.05, 3.63) is 0 Å². The Hall–Kier alpha value is -1.08. The molecule has 1 aromatic heterocycles. The molecular weight excluding hydrogens is 344 g/mol. The van der Waals surface area contributed by atoms with Crippen molar-refractivity contribution in [2.45, 2.75) is 63.4 Å². The van der Waals surface area contributed by atoms with Gasteiger partial charge in [0.05, 0.1) is 0 Å². The van der Waals surface area contributed by atoms with E-state index in [2.05, 4.69) is 44.5 Å². The van der Waals surface area contributed by atoms with Gasteiger partial charge in [-0.3, -0.25) is 0 Å². The Kier molecular flexibility index (Phi) is 10.1. The molecule has 0 saturated carbocycles. The van der Waals surface area contributed by atoms with Crippen LogP contribution in [0, 0.1) is 5.92 Å². The van der Waals surface area contributed by atoms with E-state index in [1.807, 2.05) is 6.26 Å². The van der Waals surface area contributed by atoms with Gasteiger partial charge in [-0.05, 0) is 51.6 Å². The summed E-state index contributed by atoms with van der Waals surface area (Å²) in [7, 11) is 2.20. The smallest absolute Gasteiger partial charge is 0.228 e. The fourth-order valence-corrected chi connectivity index (χ4v) is 3.57. The van der Waals surface area contributed by atoms with Gasteiger partial charge in [-0.1, -0.05) is 50.8 Å². The minimum Gasteiger partial charge on any atom is -0.354 e. The molecule has 0 spiro atoms. The predicted molar refractivity (Wildman–Crippen MR) is 112 cm³/mol. The molecule has 0 atom stereocenters. The number of anilines is 2. The summed E-state index contributed by atoms with van der Waals surface area (Å²) in [5.41, 5.74) is 0. The third-order valence-corrected chi connectivity index (χ3v) is 5.55. The number of rotatable bonds is 12. The molecule has 2 N–H and O–H groups in total. The molecule has 148 valence electrons. The molecule has 0 aromatic carbocycles. The van der Waals surface area contributed by atoms with Crippen LogP contribution in [0.15, 0.2) is 5.16 Å². The maximum absolute atomic E-state index is 4.56. The fourth-order valence-electron chi connectivity index (χ4n) is 3.21. The molecule has 6 nitrogen and oxygen atoms in total. The van der Waals surface area contributed by atoms with Crippen molar-refractivity contribution in [2.24, 2.45) is 5.92 Å². The van der Waals surface area contributed by atoms with Crippen LogP contribution in [0.1, 0.15) is 58.3 Å². The molecule has 1 fully saturated rings. The van der Waals surface area contributed by atoms with E-state index in [4.69, 9.17) is 0 Å². The highest BCUT2D eigenvalue weighted by molar-refractivity contribution is 7.98. The second-order valence-electron chi connectivity index (χ2n) is 7.29. The molecule has 2 heterocycles. The van der Waals surface area contributed by atoms with Gasteiger partial charge in [-0.15, -0.1) is 0 Å². The van der Waals surface area contributed by atoms with E-state index in [0.717, 1.165) is 18.2 Å². The topological polar surface area (TPSA) is 66.0 Å². The van der Waals surface area contributed by atoms with Crippen LogP contribution in [0.25, 0.3) is 0 Å². The van der Waals surface area contributed by atoms with Crippen LogP contribution in [0.2, 0.25) is 0 Å². The van der Waals surface area contributed by atoms with Crippen LogP contribution in [0.5, 0.6) is 0 Å². The summed E-state index contributed by atoms with van der Waals surface area (Å²) in [5.74, 6) is 2.11. The lowest BCUT2D eigenvalue weighted by Gasteiger charge is -2.28. The summed E-state index contributed by atoms with van der Waals surface area (Å²) < 4.78 is 0. The van der Waals surface area contributed by atoms with Crippen LogP contribution < -0.4 is 10.6 Å². The quantitative estimate of drug-likeness (QED) is 0.418. The van der Waals surface area contributed by atoms with Crippen LogP contribution in [-0.2, 0) is 0 Å². The molecule has 0 unspecified atom stereocenters. The van der Waals surface area contributed by atoms with Crippen molar-refractivity contribution in [3.63, 3.8) is 0 Å². The van der Waals surface area contributed by atoms with E-state index in [9.17, 15) is 0 Å². The third kappa shape index (κ3) is 8.08. The number of hydrogen-bond acceptors (Lipinski definition) is 7. The molecule has 26 heavy (non-hydrogen) atoms. The Morgan fingerprint density at radius 1 is 0.962 bits per heavy atom. The Labute approximate surface area is 163 Å². The van der Waals surface area contributed by atoms with E-state index in [-0.39, 0.29) is 0 Å². The van der Waals surface area contributed by atoms with Gasteiger partial charge in [0, 0.05) is 13.1 Å². The zero-order valence-electron chi connectivity index (χ0n) is 16.8. The summed E-state index contributed by atoms with van der Waals surface area (Å²) >= 11 is 1.56. The second-order valence-corrected chi connectivity index (χ2v) is 8.06. The van der Waals surface area contributed by atoms with E-state index >= 15 is 0 Å². The number of piperidine rings is 1. The summed E-state index contributed by atoms with van der Waals surface area (Å²) in [6, 6.07) is 0. The number of hydrogen-bond donors (Lipinski definition) is 2. The second kappa shape index (κ2) is 12.3. The Morgan fingerprint density at radius 2 is 1.62 bits per heavy atom. The van der Waals surface area contributed by atoms with Crippen molar-refractivity contribution in [1.82, 2.24) is 19.9 Å². The van der Waals surface area contributed by atoms with Gasteiger partial charge in [0.1, 0.15) is 0 Å². The van der Waals surface area contributed by atoms with Crippen molar-refractivity contribution in [3.8, 4) is 0 Å². The van der Waals surface area contributed by atoms with Crippen LogP contribution in [0.4, 0.5) is 11.9 Å². The monoisotopic (exact) mass is 380 g/mol. The first kappa shape index (κ1) is 21.2. The van der Waals surface area contributed by atoms with Crippen LogP contribution in [-0.4, -0.2) is 59.3 Å². The van der Waals surface area contributed by atoms with E-state index in [1.165, 1.54) is 64.5 Å². The first-order valence-electron chi connectivity index (χ1n) is 10.2. The molecular formula is C19H36N6S. The number of nitrogens with one attached hydrogen (secondary N) is 2. The molecule has 7 heteroatoms. The van der Waals surface area contributed by atoms with Gasteiger partial charge >= 0.3 is 0 Å². The average molecular weight is 381 g/mol. The fraction of sp³-hybridized carbons (Fsp3) is 0.842. The third-order valence-electron chi connectivity index (χ3n) is 5.00. The SMILES string of the molecule is CCCCCCCCNc1nc(NCC2CCN(C)CC2)nc(SC)n1. The van der Waals surface area contributed by atoms with Crippen molar-refractivity contribution < 1.29 is 0 Å². The van der Waals surface area contributed by atoms with Gasteiger partial charge in [-0.25, -0.2) is 0 Å². The zero-order valence-corrected chi connectivity index (χ0v) is 17.6. The number of likely N-dealkylation sites (tertiary alicyclic amines) is 1. The normalized spacial score (nSPS) is 16.0. The van der Waals surface area contributed by atoms with E-state index < -0.39 is 0 Å². The van der Waals surface area contributed by atoms with Crippen LogP contribution >= 0.6 is 11.8 Å². The van der Waals surface area contributed by atoms with Gasteiger partial charge < -0.3 is 15.5 Å². The number of nitrogens with zero attached hydrogens (tertiary/aromatic N) is 4. The van der Waals surface area contributed by atoms with Crippen molar-refractivity contribution in [1.29, 1.82) is 0 Å². The Bertz CT molecular complexity index is 505. The lowest BCUT2D eigenvalue weighted by molar-refractivity contribution is 0.226. The summed E-state index contributed by atoms with van der Waals surface area (Å²) in [5, 5.41) is 7.58. The standard InChI is InChI=1S/C19H36N6S/c1-4-5-6-7-8-9-12-20-17-22-18(24-19(23-17)26-3)21-15-16-10-13-25(2)14-11-16/h16H,4-15H2,1-3H3,(H2,20,21,22,23,24). The lowest BCUT2D eigenvalue weighted by atomic mass is 9.97. The first-order chi connectivity index (χ1) is 12.7. The highest BCUT2D eigenvalue weighted by atomic mass is 32.2. The minimum atomic E-state index is 0.698. The van der Waals surface area contributed by atoms with Crippen molar-refractivity contribution >= 4 is 23.7 Å². The summed E-state index contributed by atoms with van der Waals surface area (Å²) in [4.78, 5) is 16.0. The first-order valence-corrected chi connectivity index (χ1v) is 11.4. The predicted octanol–water partition coefficient (Wildman–Crippen LogP) is 4.12. The molecule has 1 saturated heterocycles. The average Bonchev–Trinajstić information content (AvgIpc) is 2.66. The molecule has 0 bridgehead atoms. The molecule has 1 aliphatic heterocycles. The van der Waals surface area contributed by atoms with E-state index in [0.29, 0.717) is 17.8 Å². The number of unbranched alkanes of at least 4 members (excludes halogenated alkanes) is 5. The highest BCUT2D eigenvalue weighted by Gasteiger charge is 2.17. The Morgan fingerprint density at radius 3 is 2.31 bits per heavy atom. The highest BCUT2D eigenvalue weighted by Crippen LogP contribution is 2.18. The van der Waals surface area contributed by atoms with Gasteiger partial charge in [0.15, 0.2) is 5.16 Å².